The molecule has 1 aromatic carbocycles. The molecule has 6 N–H and O–H groups in total. The van der Waals surface area contributed by atoms with E-state index in [2.05, 4.69) is 0 Å². The van der Waals surface area contributed by atoms with Crippen LogP contribution in [0.2, 0.25) is 0 Å². The number of Topliss-reactive ketones (excluding diaryl/α,β-unsaturated/α-hetero) is 2. The van der Waals surface area contributed by atoms with E-state index < -0.39 is 69.7 Å². The maximum Gasteiger partial charge on any atom is 0.257 e. The number of fused-ring (bicyclic) bond motifs is 3. The fourth-order valence-corrected chi connectivity index (χ4v) is 7.13. The number of carbonyl (C=O) groups is 4. The molecule has 1 aromatic rings. The van der Waals surface area contributed by atoms with E-state index in [9.17, 15) is 39.6 Å². The number of nitrogens with two attached hydrogens (primary N) is 1. The number of amides is 2. The van der Waals surface area contributed by atoms with Gasteiger partial charge >= 0.3 is 0 Å². The molecule has 12 heteroatoms. The summed E-state index contributed by atoms with van der Waals surface area (Å²) in [5.41, 5.74) is 2.37. The van der Waals surface area contributed by atoms with E-state index in [1.807, 2.05) is 0 Å². The van der Waals surface area contributed by atoms with Gasteiger partial charge in [0.25, 0.3) is 11.8 Å². The number of likely N-dealkylation sites (tertiary alicyclic amines) is 1. The maximum atomic E-state index is 14.1. The Kier molecular flexibility index (Phi) is 6.90. The highest BCUT2D eigenvalue weighted by atomic mass is 16.3. The van der Waals surface area contributed by atoms with Crippen LogP contribution in [-0.4, -0.2) is 107 Å². The number of likely N-dealkylation sites (N-methyl/N-ethyl adjacent to an activating group) is 1. The lowest BCUT2D eigenvalue weighted by Gasteiger charge is -2.50. The van der Waals surface area contributed by atoms with Gasteiger partial charge in [-0.15, -0.1) is 0 Å². The highest BCUT2D eigenvalue weighted by molar-refractivity contribution is 6.25. The molecule has 2 amide bonds. The summed E-state index contributed by atoms with van der Waals surface area (Å²) in [6.07, 6.45) is 2.80. The fourth-order valence-electron chi connectivity index (χ4n) is 7.13. The summed E-state index contributed by atoms with van der Waals surface area (Å²) in [6, 6.07) is 0.513. The second-order valence-electron chi connectivity index (χ2n) is 11.9. The van der Waals surface area contributed by atoms with Crippen LogP contribution in [0.3, 0.4) is 0 Å². The molecule has 41 heavy (non-hydrogen) atoms. The number of ketones is 2. The van der Waals surface area contributed by atoms with Gasteiger partial charge in [0, 0.05) is 44.4 Å². The number of anilines is 1. The number of benzene rings is 1. The first kappa shape index (κ1) is 28.6. The number of primary amides is 1. The molecule has 1 heterocycles. The van der Waals surface area contributed by atoms with Crippen molar-refractivity contribution in [3.63, 3.8) is 0 Å². The van der Waals surface area contributed by atoms with Gasteiger partial charge < -0.3 is 36.0 Å². The first-order valence-electron chi connectivity index (χ1n) is 13.7. The van der Waals surface area contributed by atoms with Crippen molar-refractivity contribution in [3.8, 4) is 5.75 Å². The molecule has 4 atom stereocenters. The quantitative estimate of drug-likeness (QED) is 0.326. The molecule has 0 spiro atoms. The fraction of sp³-hybridized carbons (Fsp3) is 0.517. The Morgan fingerprint density at radius 2 is 1.68 bits per heavy atom. The van der Waals surface area contributed by atoms with Crippen LogP contribution in [0.1, 0.15) is 52.0 Å². The molecular weight excluding hydrogens is 532 g/mol. The zero-order chi connectivity index (χ0) is 30.1. The summed E-state index contributed by atoms with van der Waals surface area (Å²) < 4.78 is 0. The zero-order valence-corrected chi connectivity index (χ0v) is 23.6. The van der Waals surface area contributed by atoms with Crippen LogP contribution < -0.4 is 10.6 Å². The third-order valence-electron chi connectivity index (χ3n) is 9.05. The van der Waals surface area contributed by atoms with Crippen LogP contribution in [0.25, 0.3) is 0 Å². The molecule has 0 unspecified atom stereocenters. The van der Waals surface area contributed by atoms with Crippen molar-refractivity contribution in [2.24, 2.45) is 17.6 Å². The monoisotopic (exact) mass is 568 g/mol. The van der Waals surface area contributed by atoms with Crippen molar-refractivity contribution in [3.05, 3.63) is 45.4 Å². The van der Waals surface area contributed by atoms with Gasteiger partial charge in [-0.3, -0.25) is 24.1 Å². The van der Waals surface area contributed by atoms with Crippen LogP contribution in [0.4, 0.5) is 5.69 Å². The Bertz CT molecular complexity index is 1440. The number of aliphatic hydroxyl groups is 3. The van der Waals surface area contributed by atoms with Gasteiger partial charge in [0.2, 0.25) is 5.78 Å². The van der Waals surface area contributed by atoms with Gasteiger partial charge in [-0.2, -0.15) is 0 Å². The predicted octanol–water partition coefficient (Wildman–Crippen LogP) is 0.813. The largest absolute Gasteiger partial charge is 0.510 e. The van der Waals surface area contributed by atoms with Crippen LogP contribution in [0, 0.1) is 11.8 Å². The Morgan fingerprint density at radius 1 is 1.05 bits per heavy atom. The normalized spacial score (nSPS) is 28.0. The number of carbonyl (C=O) groups excluding carboxylic acids is 4. The van der Waals surface area contributed by atoms with Crippen LogP contribution >= 0.6 is 0 Å². The molecule has 0 aromatic heterocycles. The summed E-state index contributed by atoms with van der Waals surface area (Å²) in [5.74, 6) is -7.66. The molecule has 0 bridgehead atoms. The highest BCUT2D eigenvalue weighted by Crippen LogP contribution is 2.53. The Balaban J connectivity index is 1.70. The van der Waals surface area contributed by atoms with Gasteiger partial charge in [0.05, 0.1) is 17.2 Å². The summed E-state index contributed by atoms with van der Waals surface area (Å²) in [5, 5.41) is 45.6. The first-order chi connectivity index (χ1) is 19.2. The van der Waals surface area contributed by atoms with E-state index in [0.717, 1.165) is 19.3 Å². The molecule has 1 saturated heterocycles. The van der Waals surface area contributed by atoms with Crippen molar-refractivity contribution in [2.75, 3.05) is 46.2 Å². The molecule has 12 nitrogen and oxygen atoms in total. The lowest BCUT2D eigenvalue weighted by Crippen LogP contribution is -2.63. The van der Waals surface area contributed by atoms with Gasteiger partial charge in [-0.1, -0.05) is 0 Å². The number of piperidine rings is 1. The molecule has 4 aliphatic rings. The molecule has 1 fully saturated rings. The van der Waals surface area contributed by atoms with E-state index in [-0.39, 0.29) is 29.5 Å². The number of aliphatic hydroxyl groups excluding tert-OH is 2. The number of rotatable bonds is 4. The molecular formula is C29H36N4O8. The van der Waals surface area contributed by atoms with Crippen molar-refractivity contribution < 1.29 is 39.6 Å². The smallest absolute Gasteiger partial charge is 0.257 e. The third-order valence-corrected chi connectivity index (χ3v) is 9.05. The van der Waals surface area contributed by atoms with Crippen LogP contribution in [-0.2, 0) is 16.0 Å². The first-order valence-corrected chi connectivity index (χ1v) is 13.7. The number of hydrogen-bond donors (Lipinski definition) is 5. The standard InChI is InChI=1S/C29H36N4O8/c1-31(2)17-12-15(28(40)33-8-6-5-7-9-33)22(34)19-14(17)10-13-11-16-21(32(3)4)24(36)20(27(30)39)26(38)29(16,41)25(37)18(13)23(19)35/h12-13,16,21,34,36-37,41H,5-11H2,1-4H3,(H2,30,39)/t13-,16-,21-,29-/m0/s1. The van der Waals surface area contributed by atoms with Crippen LogP contribution in [0.5, 0.6) is 5.75 Å². The summed E-state index contributed by atoms with van der Waals surface area (Å²) in [7, 11) is 6.67. The minimum atomic E-state index is -2.72. The Hall–Kier alpha value is -3.90. The zero-order valence-electron chi connectivity index (χ0n) is 23.6. The lowest BCUT2D eigenvalue weighted by molar-refractivity contribution is -0.148. The molecule has 0 radical (unpaired) electrons. The summed E-state index contributed by atoms with van der Waals surface area (Å²) in [4.78, 5) is 58.1. The lowest BCUT2D eigenvalue weighted by atomic mass is 9.58. The number of phenolic OH excluding ortho intramolecular Hbond substituents is 1. The minimum Gasteiger partial charge on any atom is -0.510 e. The van der Waals surface area contributed by atoms with E-state index in [4.69, 9.17) is 5.73 Å². The predicted molar refractivity (Wildman–Crippen MR) is 148 cm³/mol. The number of allylic oxidation sites excluding steroid dienone is 1. The maximum absolute atomic E-state index is 14.1. The van der Waals surface area contributed by atoms with E-state index in [1.54, 1.807) is 44.1 Å². The molecule has 0 saturated carbocycles. The number of aromatic hydroxyl groups is 1. The van der Waals surface area contributed by atoms with Crippen LogP contribution in [0.15, 0.2) is 28.7 Å². The van der Waals surface area contributed by atoms with Crippen molar-refractivity contribution in [2.45, 2.75) is 43.7 Å². The highest BCUT2D eigenvalue weighted by Gasteiger charge is 2.63. The molecule has 1 aliphatic heterocycles. The topological polar surface area (TPSA) is 185 Å². The van der Waals surface area contributed by atoms with Gasteiger partial charge in [-0.05, 0) is 63.7 Å². The number of phenols is 1. The molecule has 5 rings (SSSR count). The van der Waals surface area contributed by atoms with E-state index >= 15 is 0 Å². The second-order valence-corrected chi connectivity index (χ2v) is 11.9. The second kappa shape index (κ2) is 9.88. The average Bonchev–Trinajstić information content (AvgIpc) is 2.90. The third kappa shape index (κ3) is 4.03. The summed E-state index contributed by atoms with van der Waals surface area (Å²) in [6.45, 7) is 1.06. The number of hydrogen-bond acceptors (Lipinski definition) is 10. The molecule has 220 valence electrons. The summed E-state index contributed by atoms with van der Waals surface area (Å²) >= 11 is 0. The van der Waals surface area contributed by atoms with Crippen molar-refractivity contribution >= 4 is 29.1 Å². The van der Waals surface area contributed by atoms with Crippen molar-refractivity contribution in [1.82, 2.24) is 9.80 Å². The van der Waals surface area contributed by atoms with Crippen molar-refractivity contribution in [1.29, 1.82) is 0 Å². The number of nitrogens with zero attached hydrogens (tertiary/aromatic N) is 3. The Labute approximate surface area is 237 Å². The minimum absolute atomic E-state index is 0.00610. The van der Waals surface area contributed by atoms with Gasteiger partial charge in [-0.25, -0.2) is 0 Å². The SMILES string of the molecule is CN(C)c1cc(C(=O)N2CCCCC2)c(O)c2c1C[C@H]1C[C@H]3[C@H](N(C)C)C(O)=C(C(N)=O)C(=O)[C@@]3(O)C(O)=C1C2=O. The van der Waals surface area contributed by atoms with E-state index in [0.29, 0.717) is 24.3 Å². The average molecular weight is 569 g/mol. The van der Waals surface area contributed by atoms with Gasteiger partial charge in [0.1, 0.15) is 22.8 Å². The Morgan fingerprint density at radius 3 is 2.24 bits per heavy atom. The molecule has 3 aliphatic carbocycles. The van der Waals surface area contributed by atoms with E-state index in [1.165, 1.54) is 4.90 Å². The van der Waals surface area contributed by atoms with Gasteiger partial charge in [0.15, 0.2) is 11.4 Å².